The van der Waals surface area contributed by atoms with Gasteiger partial charge in [0, 0.05) is 29.9 Å². The molecule has 21 heavy (non-hydrogen) atoms. The van der Waals surface area contributed by atoms with Gasteiger partial charge in [0.15, 0.2) is 5.69 Å². The number of nitrogens with two attached hydrogens (primary N) is 1. The first-order valence-electron chi connectivity index (χ1n) is 5.72. The molecule has 0 amide bonds. The Kier molecular flexibility index (Phi) is 4.34. The number of hydrogen-bond donors (Lipinski definition) is 2. The van der Waals surface area contributed by atoms with Crippen LogP contribution in [0.25, 0.3) is 10.9 Å². The van der Waals surface area contributed by atoms with Gasteiger partial charge in [0.25, 0.3) is 5.69 Å². The highest BCUT2D eigenvalue weighted by Gasteiger charge is 2.19. The molecule has 0 saturated heterocycles. The minimum Gasteiger partial charge on any atom is -0.493 e. The minimum absolute atomic E-state index is 0.0617. The number of aromatic nitrogens is 1. The number of benzene rings is 1. The van der Waals surface area contributed by atoms with Crippen molar-refractivity contribution in [2.45, 2.75) is 6.54 Å². The standard InChI is InChI=1S/C11H10ClN5O3S/c12-3-4-16-8-2-1-6(17(19)20)5-7(8)9(10(16)18)14-15-11(13)21/h1-2,5,18H,3-4H2,(H2,13,21). The van der Waals surface area contributed by atoms with Gasteiger partial charge in [-0.1, -0.05) is 0 Å². The molecule has 110 valence electrons. The number of aryl methyl sites for hydroxylation is 1. The van der Waals surface area contributed by atoms with E-state index in [1.165, 1.54) is 22.8 Å². The van der Waals surface area contributed by atoms with Gasteiger partial charge in [0.05, 0.1) is 10.4 Å². The second-order valence-electron chi connectivity index (χ2n) is 4.01. The fourth-order valence-corrected chi connectivity index (χ4v) is 2.14. The molecule has 0 unspecified atom stereocenters. The molecule has 1 heterocycles. The molecule has 0 bridgehead atoms. The van der Waals surface area contributed by atoms with Gasteiger partial charge < -0.3 is 15.4 Å². The predicted molar refractivity (Wildman–Crippen MR) is 82.3 cm³/mol. The van der Waals surface area contributed by atoms with Crippen LogP contribution in [0.5, 0.6) is 5.88 Å². The molecule has 0 atom stereocenters. The van der Waals surface area contributed by atoms with Crippen LogP contribution in [0.4, 0.5) is 11.4 Å². The van der Waals surface area contributed by atoms with Gasteiger partial charge in [-0.05, 0) is 18.3 Å². The zero-order chi connectivity index (χ0) is 15.6. The van der Waals surface area contributed by atoms with Gasteiger partial charge >= 0.3 is 0 Å². The highest BCUT2D eigenvalue weighted by Crippen LogP contribution is 2.40. The Morgan fingerprint density at radius 1 is 1.57 bits per heavy atom. The molecule has 0 aliphatic carbocycles. The Morgan fingerprint density at radius 2 is 2.29 bits per heavy atom. The molecular formula is C11H10ClN5O3S. The molecule has 0 aliphatic heterocycles. The lowest BCUT2D eigenvalue weighted by molar-refractivity contribution is -0.384. The van der Waals surface area contributed by atoms with Gasteiger partial charge in [-0.3, -0.25) is 10.1 Å². The SMILES string of the molecule is NC(=S)N=Nc1c(O)n(CCCl)c2ccc([N+](=O)[O-])cc12. The van der Waals surface area contributed by atoms with Crippen LogP contribution in [0, 0.1) is 10.1 Å². The van der Waals surface area contributed by atoms with Crippen molar-refractivity contribution in [2.24, 2.45) is 16.0 Å². The molecule has 1 aromatic carbocycles. The number of nitro groups is 1. The van der Waals surface area contributed by atoms with E-state index in [4.69, 9.17) is 17.3 Å². The van der Waals surface area contributed by atoms with Gasteiger partial charge in [-0.25, -0.2) is 0 Å². The molecule has 0 spiro atoms. The summed E-state index contributed by atoms with van der Waals surface area (Å²) in [6.45, 7) is 0.310. The molecule has 8 nitrogen and oxygen atoms in total. The van der Waals surface area contributed by atoms with Crippen molar-refractivity contribution >= 4 is 51.2 Å². The average molecular weight is 328 g/mol. The van der Waals surface area contributed by atoms with Crippen LogP contribution in [-0.4, -0.2) is 25.6 Å². The number of thiocarbonyl (C=S) groups is 1. The number of non-ortho nitro benzene ring substituents is 1. The molecule has 3 N–H and O–H groups in total. The van der Waals surface area contributed by atoms with Crippen molar-refractivity contribution < 1.29 is 10.0 Å². The normalized spacial score (nSPS) is 11.3. The fraction of sp³-hybridized carbons (Fsp3) is 0.182. The molecule has 0 saturated carbocycles. The number of nitro benzene ring substituents is 1. The summed E-state index contributed by atoms with van der Waals surface area (Å²) in [5.41, 5.74) is 5.72. The van der Waals surface area contributed by atoms with Gasteiger partial charge in [-0.2, -0.15) is 0 Å². The topological polar surface area (TPSA) is 119 Å². The van der Waals surface area contributed by atoms with Crippen LogP contribution < -0.4 is 5.73 Å². The summed E-state index contributed by atoms with van der Waals surface area (Å²) in [5.74, 6) is 0.0476. The number of alkyl halides is 1. The van der Waals surface area contributed by atoms with Gasteiger partial charge in [0.2, 0.25) is 11.0 Å². The quantitative estimate of drug-likeness (QED) is 0.294. The Hall–Kier alpha value is -2.26. The molecular weight excluding hydrogens is 318 g/mol. The van der Waals surface area contributed by atoms with E-state index in [1.807, 2.05) is 0 Å². The van der Waals surface area contributed by atoms with E-state index in [9.17, 15) is 15.2 Å². The van der Waals surface area contributed by atoms with Crippen LogP contribution in [0.2, 0.25) is 0 Å². The zero-order valence-electron chi connectivity index (χ0n) is 10.6. The maximum Gasteiger partial charge on any atom is 0.270 e. The third-order valence-corrected chi connectivity index (χ3v) is 3.01. The van der Waals surface area contributed by atoms with E-state index in [0.29, 0.717) is 17.4 Å². The number of nitrogens with zero attached hydrogens (tertiary/aromatic N) is 4. The lowest BCUT2D eigenvalue weighted by Crippen LogP contribution is -2.01. The third-order valence-electron chi connectivity index (χ3n) is 2.76. The number of rotatable bonds is 4. The van der Waals surface area contributed by atoms with Gasteiger partial charge in [-0.15, -0.1) is 21.8 Å². The largest absolute Gasteiger partial charge is 0.493 e. The number of azo groups is 1. The van der Waals surface area contributed by atoms with Crippen molar-refractivity contribution in [1.82, 2.24) is 4.57 Å². The number of aromatic hydroxyl groups is 1. The summed E-state index contributed by atoms with van der Waals surface area (Å²) in [6, 6.07) is 4.15. The maximum atomic E-state index is 10.9. The monoisotopic (exact) mass is 327 g/mol. The smallest absolute Gasteiger partial charge is 0.270 e. The van der Waals surface area contributed by atoms with Crippen molar-refractivity contribution in [3.05, 3.63) is 28.3 Å². The van der Waals surface area contributed by atoms with Crippen LogP contribution in [-0.2, 0) is 6.54 Å². The highest BCUT2D eigenvalue weighted by molar-refractivity contribution is 7.80. The molecule has 2 aromatic rings. The summed E-state index contributed by atoms with van der Waals surface area (Å²) >= 11 is 10.3. The van der Waals surface area contributed by atoms with E-state index in [-0.39, 0.29) is 28.2 Å². The first-order valence-corrected chi connectivity index (χ1v) is 6.66. The maximum absolute atomic E-state index is 10.9. The second-order valence-corrected chi connectivity index (χ2v) is 4.81. The van der Waals surface area contributed by atoms with E-state index in [1.54, 1.807) is 0 Å². The molecule has 0 aliphatic rings. The van der Waals surface area contributed by atoms with Crippen molar-refractivity contribution in [3.63, 3.8) is 0 Å². The Labute approximate surface area is 129 Å². The zero-order valence-corrected chi connectivity index (χ0v) is 12.1. The van der Waals surface area contributed by atoms with Crippen LogP contribution >= 0.6 is 23.8 Å². The van der Waals surface area contributed by atoms with Gasteiger partial charge in [0.1, 0.15) is 0 Å². The number of halogens is 1. The van der Waals surface area contributed by atoms with Crippen LogP contribution in [0.3, 0.4) is 0 Å². The van der Waals surface area contributed by atoms with Crippen LogP contribution in [0.15, 0.2) is 28.4 Å². The summed E-state index contributed by atoms with van der Waals surface area (Å²) < 4.78 is 1.49. The van der Waals surface area contributed by atoms with Crippen LogP contribution in [0.1, 0.15) is 0 Å². The number of fused-ring (bicyclic) bond motifs is 1. The Morgan fingerprint density at radius 3 is 2.86 bits per heavy atom. The first-order chi connectivity index (χ1) is 9.95. The summed E-state index contributed by atoms with van der Waals surface area (Å²) in [6.07, 6.45) is 0. The second kappa shape index (κ2) is 6.02. The van der Waals surface area contributed by atoms with E-state index >= 15 is 0 Å². The Balaban J connectivity index is 2.73. The predicted octanol–water partition coefficient (Wildman–Crippen LogP) is 2.82. The number of hydrogen-bond acceptors (Lipinski definition) is 5. The third kappa shape index (κ3) is 2.93. The fourth-order valence-electron chi connectivity index (χ4n) is 1.93. The highest BCUT2D eigenvalue weighted by atomic mass is 35.5. The first kappa shape index (κ1) is 15.1. The molecule has 0 radical (unpaired) electrons. The minimum atomic E-state index is -0.538. The summed E-state index contributed by atoms with van der Waals surface area (Å²) in [5, 5.41) is 28.5. The lowest BCUT2D eigenvalue weighted by atomic mass is 10.2. The van der Waals surface area contributed by atoms with E-state index in [0.717, 1.165) is 0 Å². The lowest BCUT2D eigenvalue weighted by Gasteiger charge is -2.03. The van der Waals surface area contributed by atoms with Crippen molar-refractivity contribution in [1.29, 1.82) is 0 Å². The molecule has 2 rings (SSSR count). The average Bonchev–Trinajstić information content (AvgIpc) is 2.69. The van der Waals surface area contributed by atoms with E-state index < -0.39 is 4.92 Å². The van der Waals surface area contributed by atoms with Crippen molar-refractivity contribution in [3.8, 4) is 5.88 Å². The van der Waals surface area contributed by atoms with E-state index in [2.05, 4.69) is 22.4 Å². The molecule has 1 aromatic heterocycles. The molecule has 0 fully saturated rings. The Bertz CT molecular complexity index is 758. The summed E-state index contributed by atoms with van der Waals surface area (Å²) in [7, 11) is 0. The van der Waals surface area contributed by atoms with Crippen molar-refractivity contribution in [2.75, 3.05) is 5.88 Å². The molecule has 10 heteroatoms. The summed E-state index contributed by atoms with van der Waals surface area (Å²) in [4.78, 5) is 10.3.